The number of alkyl halides is 3. The topological polar surface area (TPSA) is 63.0 Å². The van der Waals surface area contributed by atoms with E-state index in [2.05, 4.69) is 15.0 Å². The molecular weight excluding hydrogens is 539 g/mol. The summed E-state index contributed by atoms with van der Waals surface area (Å²) in [6, 6.07) is 9.20. The van der Waals surface area contributed by atoms with E-state index in [1.54, 1.807) is 18.3 Å². The summed E-state index contributed by atoms with van der Waals surface area (Å²) in [6.45, 7) is 4.85. The van der Waals surface area contributed by atoms with E-state index < -0.39 is 11.7 Å². The van der Waals surface area contributed by atoms with Crippen LogP contribution >= 0.6 is 23.4 Å². The molecule has 0 N–H and O–H groups in total. The van der Waals surface area contributed by atoms with Gasteiger partial charge in [-0.25, -0.2) is 0 Å². The van der Waals surface area contributed by atoms with Gasteiger partial charge >= 0.3 is 6.18 Å². The van der Waals surface area contributed by atoms with Crippen molar-refractivity contribution in [3.8, 4) is 0 Å². The third kappa shape index (κ3) is 6.06. The molecule has 38 heavy (non-hydrogen) atoms. The Morgan fingerprint density at radius 1 is 1.18 bits per heavy atom. The van der Waals surface area contributed by atoms with Gasteiger partial charge in [0.25, 0.3) is 5.91 Å². The molecule has 3 aromatic rings. The summed E-state index contributed by atoms with van der Waals surface area (Å²) in [7, 11) is 1.92. The average Bonchev–Trinajstić information content (AvgIpc) is 3.46. The molecule has 1 fully saturated rings. The van der Waals surface area contributed by atoms with Crippen molar-refractivity contribution >= 4 is 51.4 Å². The minimum Gasteiger partial charge on any atom is -0.379 e. The number of hydrogen-bond donors (Lipinski definition) is 0. The molecule has 1 amide bonds. The molecule has 0 radical (unpaired) electrons. The van der Waals surface area contributed by atoms with E-state index in [1.807, 2.05) is 24.1 Å². The van der Waals surface area contributed by atoms with Gasteiger partial charge in [-0.05, 0) is 53.2 Å². The molecular formula is C26H25ClF3N5O2S. The normalized spacial score (nSPS) is 18.0. The molecule has 12 heteroatoms. The second kappa shape index (κ2) is 11.1. The van der Waals surface area contributed by atoms with Crippen molar-refractivity contribution in [1.29, 1.82) is 0 Å². The lowest BCUT2D eigenvalue weighted by Gasteiger charge is -2.28. The fourth-order valence-corrected chi connectivity index (χ4v) is 5.43. The van der Waals surface area contributed by atoms with Crippen LogP contribution in [-0.2, 0) is 22.3 Å². The Morgan fingerprint density at radius 3 is 2.74 bits per heavy atom. The Bertz CT molecular complexity index is 1420. The van der Waals surface area contributed by atoms with Gasteiger partial charge in [0.05, 0.1) is 41.9 Å². The number of halogens is 4. The first kappa shape index (κ1) is 26.7. The van der Waals surface area contributed by atoms with E-state index in [9.17, 15) is 18.0 Å². The number of morpholine rings is 1. The zero-order valence-electron chi connectivity index (χ0n) is 20.5. The molecule has 2 aliphatic heterocycles. The van der Waals surface area contributed by atoms with E-state index in [-0.39, 0.29) is 23.0 Å². The lowest BCUT2D eigenvalue weighted by Crippen LogP contribution is -2.41. The molecule has 0 aliphatic carbocycles. The van der Waals surface area contributed by atoms with Gasteiger partial charge in [-0.3, -0.25) is 14.4 Å². The van der Waals surface area contributed by atoms with E-state index >= 15 is 0 Å². The molecule has 0 saturated carbocycles. The van der Waals surface area contributed by atoms with Crippen molar-refractivity contribution in [2.45, 2.75) is 12.7 Å². The molecule has 3 heterocycles. The summed E-state index contributed by atoms with van der Waals surface area (Å²) in [5.74, 6) is -0.290. The lowest BCUT2D eigenvalue weighted by molar-refractivity contribution is -0.138. The standard InChI is InChI=1S/C26H25ClF3N5O2S/c1-33(6-7-34-8-10-37-11-9-34)25-32-24(36)23(38-25)13-17-2-5-22-19(12-17)15-31-35(22)16-18-3-4-20(27)14-21(18)26(28,29)30/h2-5,12-15H,6-11,16H2,1H3. The highest BCUT2D eigenvalue weighted by Gasteiger charge is 2.33. The van der Waals surface area contributed by atoms with Crippen molar-refractivity contribution in [3.05, 3.63) is 69.2 Å². The SMILES string of the molecule is CN(CCN1CCOCC1)C1=NC(=O)C(=Cc2ccc3c(cnn3Cc3ccc(Cl)cc3C(F)(F)F)c2)S1. The number of benzene rings is 2. The number of amides is 1. The van der Waals surface area contributed by atoms with Crippen LogP contribution in [0, 0.1) is 0 Å². The van der Waals surface area contributed by atoms with Gasteiger partial charge in [-0.1, -0.05) is 23.7 Å². The fraction of sp³-hybridized carbons (Fsp3) is 0.346. The maximum Gasteiger partial charge on any atom is 0.416 e. The number of carbonyl (C=O) groups excluding carboxylic acids is 1. The second-order valence-electron chi connectivity index (χ2n) is 9.11. The van der Waals surface area contributed by atoms with Crippen LogP contribution < -0.4 is 0 Å². The maximum atomic E-state index is 13.5. The lowest BCUT2D eigenvalue weighted by atomic mass is 10.1. The Kier molecular flexibility index (Phi) is 7.80. The monoisotopic (exact) mass is 563 g/mol. The first-order valence-electron chi connectivity index (χ1n) is 12.0. The Hall–Kier alpha value is -2.86. The van der Waals surface area contributed by atoms with Crippen molar-refractivity contribution in [1.82, 2.24) is 19.6 Å². The highest BCUT2D eigenvalue weighted by molar-refractivity contribution is 8.18. The van der Waals surface area contributed by atoms with Crippen molar-refractivity contribution in [2.75, 3.05) is 46.4 Å². The van der Waals surface area contributed by atoms with Gasteiger partial charge in [0.1, 0.15) is 0 Å². The smallest absolute Gasteiger partial charge is 0.379 e. The quantitative estimate of drug-likeness (QED) is 0.394. The molecule has 0 atom stereocenters. The number of aromatic nitrogens is 2. The summed E-state index contributed by atoms with van der Waals surface area (Å²) in [5, 5.41) is 5.74. The largest absolute Gasteiger partial charge is 0.416 e. The van der Waals surface area contributed by atoms with Crippen LogP contribution in [0.15, 0.2) is 52.5 Å². The van der Waals surface area contributed by atoms with Crippen LogP contribution in [0.25, 0.3) is 17.0 Å². The third-order valence-electron chi connectivity index (χ3n) is 6.45. The number of amidine groups is 1. The van der Waals surface area contributed by atoms with Crippen LogP contribution in [0.2, 0.25) is 5.02 Å². The summed E-state index contributed by atoms with van der Waals surface area (Å²) < 4.78 is 47.4. The molecule has 1 saturated heterocycles. The van der Waals surface area contributed by atoms with E-state index in [0.29, 0.717) is 15.6 Å². The van der Waals surface area contributed by atoms with Crippen LogP contribution in [0.5, 0.6) is 0 Å². The second-order valence-corrected chi connectivity index (χ2v) is 10.6. The van der Waals surface area contributed by atoms with Crippen molar-refractivity contribution < 1.29 is 22.7 Å². The van der Waals surface area contributed by atoms with Crippen LogP contribution in [0.4, 0.5) is 13.2 Å². The average molecular weight is 564 g/mol. The number of fused-ring (bicyclic) bond motifs is 1. The van der Waals surface area contributed by atoms with E-state index in [1.165, 1.54) is 28.6 Å². The zero-order chi connectivity index (χ0) is 26.9. The number of hydrogen-bond acceptors (Lipinski definition) is 6. The van der Waals surface area contributed by atoms with Crippen LogP contribution in [0.3, 0.4) is 0 Å². The van der Waals surface area contributed by atoms with Crippen molar-refractivity contribution in [3.63, 3.8) is 0 Å². The van der Waals surface area contributed by atoms with Crippen LogP contribution in [-0.4, -0.2) is 77.1 Å². The van der Waals surface area contributed by atoms with E-state index in [4.69, 9.17) is 16.3 Å². The van der Waals surface area contributed by atoms with Gasteiger partial charge in [0.2, 0.25) is 0 Å². The van der Waals surface area contributed by atoms with E-state index in [0.717, 1.165) is 56.4 Å². The molecule has 2 aliphatic rings. The predicted molar refractivity (Wildman–Crippen MR) is 143 cm³/mol. The summed E-state index contributed by atoms with van der Waals surface area (Å²) in [4.78, 5) is 21.6. The van der Waals surface area contributed by atoms with Gasteiger partial charge in [-0.2, -0.15) is 23.3 Å². The fourth-order valence-electron chi connectivity index (χ4n) is 4.36. The number of ether oxygens (including phenoxy) is 1. The molecule has 0 spiro atoms. The minimum atomic E-state index is -4.52. The Labute approximate surface area is 226 Å². The zero-order valence-corrected chi connectivity index (χ0v) is 22.1. The number of carbonyl (C=O) groups is 1. The maximum absolute atomic E-state index is 13.5. The van der Waals surface area contributed by atoms with Gasteiger partial charge in [0, 0.05) is 43.6 Å². The van der Waals surface area contributed by atoms with Crippen LogP contribution in [0.1, 0.15) is 16.7 Å². The molecule has 5 rings (SSSR count). The van der Waals surface area contributed by atoms with Gasteiger partial charge in [0.15, 0.2) is 5.17 Å². The molecule has 0 unspecified atom stereocenters. The minimum absolute atomic E-state index is 0.0267. The molecule has 1 aromatic heterocycles. The van der Waals surface area contributed by atoms with Gasteiger partial charge in [-0.15, -0.1) is 0 Å². The first-order valence-corrected chi connectivity index (χ1v) is 13.2. The third-order valence-corrected chi connectivity index (χ3v) is 7.79. The predicted octanol–water partition coefficient (Wildman–Crippen LogP) is 4.99. The highest BCUT2D eigenvalue weighted by Crippen LogP contribution is 2.35. The molecule has 7 nitrogen and oxygen atoms in total. The first-order chi connectivity index (χ1) is 18.2. The van der Waals surface area contributed by atoms with Crippen molar-refractivity contribution in [2.24, 2.45) is 4.99 Å². The molecule has 0 bridgehead atoms. The summed E-state index contributed by atoms with van der Waals surface area (Å²) >= 11 is 7.13. The van der Waals surface area contributed by atoms with Gasteiger partial charge < -0.3 is 9.64 Å². The Balaban J connectivity index is 1.28. The number of rotatable bonds is 6. The Morgan fingerprint density at radius 2 is 1.97 bits per heavy atom. The number of likely N-dealkylation sites (N-methyl/N-ethyl adjacent to an activating group) is 1. The summed E-state index contributed by atoms with van der Waals surface area (Å²) in [6.07, 6.45) is -1.14. The highest BCUT2D eigenvalue weighted by atomic mass is 35.5. The number of nitrogens with zero attached hydrogens (tertiary/aromatic N) is 5. The summed E-state index contributed by atoms with van der Waals surface area (Å²) in [5.41, 5.74) is 0.758. The molecule has 2 aromatic carbocycles. The number of thioether (sulfide) groups is 1. The molecule has 200 valence electrons. The number of aliphatic imine (C=N–C) groups is 1.